The third kappa shape index (κ3) is 4.43. The van der Waals surface area contributed by atoms with E-state index in [1.165, 1.54) is 43.8 Å². The number of furan rings is 1. The quantitative estimate of drug-likeness (QED) is 0.186. The summed E-state index contributed by atoms with van der Waals surface area (Å²) in [5.41, 5.74) is 9.97. The van der Waals surface area contributed by atoms with Gasteiger partial charge >= 0.3 is 0 Å². The summed E-state index contributed by atoms with van der Waals surface area (Å²) in [5.74, 6) is 0. The molecule has 0 aliphatic heterocycles. The van der Waals surface area contributed by atoms with Crippen molar-refractivity contribution in [1.29, 1.82) is 0 Å². The minimum Gasteiger partial charge on any atom is -0.456 e. The highest BCUT2D eigenvalue weighted by molar-refractivity contribution is 6.18. The molecule has 0 saturated heterocycles. The molecule has 0 unspecified atom stereocenters. The Labute approximate surface area is 267 Å². The molecule has 0 saturated carbocycles. The van der Waals surface area contributed by atoms with E-state index in [1.807, 2.05) is 12.1 Å². The molecular weight excluding hydrogens is 558 g/mol. The Balaban J connectivity index is 1.26. The van der Waals surface area contributed by atoms with E-state index in [2.05, 4.69) is 169 Å². The van der Waals surface area contributed by atoms with Crippen LogP contribution in [0.5, 0.6) is 0 Å². The van der Waals surface area contributed by atoms with Crippen molar-refractivity contribution in [3.63, 3.8) is 0 Å². The first-order valence-electron chi connectivity index (χ1n) is 15.7. The molecule has 0 aliphatic carbocycles. The second kappa shape index (κ2) is 10.8. The van der Waals surface area contributed by atoms with Gasteiger partial charge in [0.15, 0.2) is 0 Å². The highest BCUT2D eigenvalue weighted by Crippen LogP contribution is 2.43. The van der Waals surface area contributed by atoms with Gasteiger partial charge in [-0.2, -0.15) is 0 Å². The maximum atomic E-state index is 6.23. The Morgan fingerprint density at radius 1 is 0.326 bits per heavy atom. The number of hydrogen-bond acceptors (Lipinski definition) is 2. The van der Waals surface area contributed by atoms with Gasteiger partial charge in [0.2, 0.25) is 0 Å². The molecule has 1 aromatic heterocycles. The molecule has 0 N–H and O–H groups in total. The standard InChI is InChI=1S/C44H29NO/c1-3-11-30(12-4-1)32-21-24-35(25-22-32)45(36-16-9-15-33(27-36)31-13-5-2-6-14-31)42-19-10-18-37-38(42)26-23-34-28-44-41(29-40(34)37)39-17-7-8-20-43(39)46-44/h1-29H. The van der Waals surface area contributed by atoms with Crippen LogP contribution in [0.3, 0.4) is 0 Å². The minimum absolute atomic E-state index is 0.918. The van der Waals surface area contributed by atoms with Gasteiger partial charge in [-0.25, -0.2) is 0 Å². The van der Waals surface area contributed by atoms with Gasteiger partial charge in [0.1, 0.15) is 11.2 Å². The molecule has 0 spiro atoms. The smallest absolute Gasteiger partial charge is 0.136 e. The molecule has 0 atom stereocenters. The van der Waals surface area contributed by atoms with Gasteiger partial charge in [-0.1, -0.05) is 127 Å². The van der Waals surface area contributed by atoms with Crippen LogP contribution in [0.2, 0.25) is 0 Å². The Kier molecular flexibility index (Phi) is 6.17. The lowest BCUT2D eigenvalue weighted by Crippen LogP contribution is -2.10. The van der Waals surface area contributed by atoms with Gasteiger partial charge in [0.25, 0.3) is 0 Å². The third-order valence-corrected chi connectivity index (χ3v) is 9.04. The molecule has 1 heterocycles. The van der Waals surface area contributed by atoms with Gasteiger partial charge in [0, 0.05) is 27.5 Å². The first-order chi connectivity index (χ1) is 22.8. The fraction of sp³-hybridized carbons (Fsp3) is 0. The topological polar surface area (TPSA) is 16.4 Å². The molecule has 0 aliphatic rings. The first kappa shape index (κ1) is 26.3. The molecule has 0 amide bonds. The summed E-state index contributed by atoms with van der Waals surface area (Å²) in [4.78, 5) is 2.39. The molecule has 0 bridgehead atoms. The van der Waals surface area contributed by atoms with Crippen molar-refractivity contribution < 1.29 is 4.42 Å². The number of fused-ring (bicyclic) bond motifs is 6. The fourth-order valence-electron chi connectivity index (χ4n) is 6.81. The fourth-order valence-corrected chi connectivity index (χ4v) is 6.81. The van der Waals surface area contributed by atoms with Crippen LogP contribution in [0, 0.1) is 0 Å². The summed E-state index contributed by atoms with van der Waals surface area (Å²) in [5, 5.41) is 7.08. The summed E-state index contributed by atoms with van der Waals surface area (Å²) >= 11 is 0. The zero-order valence-electron chi connectivity index (χ0n) is 25.1. The van der Waals surface area contributed by atoms with Gasteiger partial charge in [-0.3, -0.25) is 0 Å². The molecule has 8 aromatic carbocycles. The summed E-state index contributed by atoms with van der Waals surface area (Å²) in [7, 11) is 0. The first-order valence-corrected chi connectivity index (χ1v) is 15.7. The number of nitrogens with zero attached hydrogens (tertiary/aromatic N) is 1. The van der Waals surface area contributed by atoms with E-state index < -0.39 is 0 Å². The lowest BCUT2D eigenvalue weighted by Gasteiger charge is -2.28. The summed E-state index contributed by atoms with van der Waals surface area (Å²) < 4.78 is 6.23. The molecule has 2 heteroatoms. The Bertz CT molecular complexity index is 2510. The van der Waals surface area contributed by atoms with Crippen molar-refractivity contribution in [2.24, 2.45) is 0 Å². The highest BCUT2D eigenvalue weighted by atomic mass is 16.3. The van der Waals surface area contributed by atoms with Crippen molar-refractivity contribution in [3.8, 4) is 22.3 Å². The van der Waals surface area contributed by atoms with Crippen LogP contribution in [0.25, 0.3) is 65.7 Å². The summed E-state index contributed by atoms with van der Waals surface area (Å²) in [6.45, 7) is 0. The largest absolute Gasteiger partial charge is 0.456 e. The monoisotopic (exact) mass is 587 g/mol. The predicted octanol–water partition coefficient (Wildman–Crippen LogP) is 12.7. The van der Waals surface area contributed by atoms with E-state index in [0.29, 0.717) is 0 Å². The normalized spacial score (nSPS) is 11.5. The Morgan fingerprint density at radius 2 is 0.978 bits per heavy atom. The minimum atomic E-state index is 0.918. The van der Waals surface area contributed by atoms with Gasteiger partial charge in [-0.05, 0) is 86.9 Å². The van der Waals surface area contributed by atoms with Crippen LogP contribution in [-0.4, -0.2) is 0 Å². The average molecular weight is 588 g/mol. The van der Waals surface area contributed by atoms with Crippen LogP contribution in [-0.2, 0) is 0 Å². The lowest BCUT2D eigenvalue weighted by atomic mass is 9.97. The number of rotatable bonds is 5. The van der Waals surface area contributed by atoms with E-state index in [-0.39, 0.29) is 0 Å². The molecule has 9 rings (SSSR count). The molecule has 46 heavy (non-hydrogen) atoms. The Hall–Kier alpha value is -6.12. The van der Waals surface area contributed by atoms with Crippen LogP contribution in [0.15, 0.2) is 180 Å². The van der Waals surface area contributed by atoms with Crippen LogP contribution in [0.4, 0.5) is 17.1 Å². The second-order valence-corrected chi connectivity index (χ2v) is 11.8. The maximum Gasteiger partial charge on any atom is 0.136 e. The molecular formula is C44H29NO. The van der Waals surface area contributed by atoms with E-state index in [1.54, 1.807) is 0 Å². The number of anilines is 3. The Morgan fingerprint density at radius 3 is 1.78 bits per heavy atom. The number of benzene rings is 8. The molecule has 9 aromatic rings. The lowest BCUT2D eigenvalue weighted by molar-refractivity contribution is 0.669. The number of hydrogen-bond donors (Lipinski definition) is 0. The van der Waals surface area contributed by atoms with Gasteiger partial charge < -0.3 is 9.32 Å². The second-order valence-electron chi connectivity index (χ2n) is 11.8. The van der Waals surface area contributed by atoms with E-state index in [4.69, 9.17) is 4.42 Å². The van der Waals surface area contributed by atoms with E-state index in [0.717, 1.165) is 39.0 Å². The van der Waals surface area contributed by atoms with Crippen molar-refractivity contribution in [3.05, 3.63) is 176 Å². The zero-order valence-corrected chi connectivity index (χ0v) is 25.1. The molecule has 0 radical (unpaired) electrons. The highest BCUT2D eigenvalue weighted by Gasteiger charge is 2.18. The van der Waals surface area contributed by atoms with Crippen LogP contribution < -0.4 is 4.90 Å². The van der Waals surface area contributed by atoms with Crippen molar-refractivity contribution in [2.45, 2.75) is 0 Å². The van der Waals surface area contributed by atoms with Crippen LogP contribution >= 0.6 is 0 Å². The maximum absolute atomic E-state index is 6.23. The van der Waals surface area contributed by atoms with Crippen molar-refractivity contribution in [2.75, 3.05) is 4.90 Å². The molecule has 216 valence electrons. The van der Waals surface area contributed by atoms with Crippen molar-refractivity contribution >= 4 is 60.5 Å². The third-order valence-electron chi connectivity index (χ3n) is 9.04. The van der Waals surface area contributed by atoms with Gasteiger partial charge in [0.05, 0.1) is 5.69 Å². The average Bonchev–Trinajstić information content (AvgIpc) is 3.49. The zero-order chi connectivity index (χ0) is 30.5. The SMILES string of the molecule is c1ccc(-c2ccc(N(c3cccc(-c4ccccc4)c3)c3cccc4c3ccc3cc5oc6ccccc6c5cc34)cc2)cc1. The van der Waals surface area contributed by atoms with Crippen molar-refractivity contribution in [1.82, 2.24) is 0 Å². The van der Waals surface area contributed by atoms with Gasteiger partial charge in [-0.15, -0.1) is 0 Å². The number of para-hydroxylation sites is 1. The summed E-state index contributed by atoms with van der Waals surface area (Å²) in [6, 6.07) is 62.8. The molecule has 2 nitrogen and oxygen atoms in total. The van der Waals surface area contributed by atoms with E-state index in [9.17, 15) is 0 Å². The molecule has 0 fully saturated rings. The predicted molar refractivity (Wildman–Crippen MR) is 194 cm³/mol. The summed E-state index contributed by atoms with van der Waals surface area (Å²) in [6.07, 6.45) is 0. The van der Waals surface area contributed by atoms with E-state index >= 15 is 0 Å². The van der Waals surface area contributed by atoms with Crippen LogP contribution in [0.1, 0.15) is 0 Å².